The second-order valence-corrected chi connectivity index (χ2v) is 7.44. The Morgan fingerprint density at radius 3 is 2.62 bits per heavy atom. The summed E-state index contributed by atoms with van der Waals surface area (Å²) in [7, 11) is 0. The molecule has 2 aromatic carbocycles. The average molecular weight is 469 g/mol. The topological polar surface area (TPSA) is 42.7 Å². The van der Waals surface area contributed by atoms with Gasteiger partial charge in [-0.2, -0.15) is 10.1 Å². The number of nitrogens with one attached hydrogen (secondary N) is 1. The normalized spacial score (nSPS) is 16.3. The molecule has 0 amide bonds. The maximum atomic E-state index is 6.41. The highest BCUT2D eigenvalue weighted by atomic mass is 127. The molecule has 1 unspecified atom stereocenters. The molecule has 0 aliphatic carbocycles. The summed E-state index contributed by atoms with van der Waals surface area (Å²) in [5.74, 6) is 0.682. The van der Waals surface area contributed by atoms with Crippen LogP contribution in [0.1, 0.15) is 17.2 Å². The molecule has 2 heterocycles. The summed E-state index contributed by atoms with van der Waals surface area (Å²) in [5.41, 5.74) is 2.99. The predicted molar refractivity (Wildman–Crippen MR) is 105 cm³/mol. The van der Waals surface area contributed by atoms with Crippen molar-refractivity contribution in [1.29, 1.82) is 0 Å². The summed E-state index contributed by atoms with van der Waals surface area (Å²) in [4.78, 5) is 4.30. The van der Waals surface area contributed by atoms with Gasteiger partial charge in [0.25, 0.3) is 0 Å². The standard InChI is InChI=1S/C17H11Cl2IN4/c18-11-3-6-13(14(19)7-11)16-8-15(10-1-4-12(20)5-2-10)23-17-21-9-22-24(16)17/h1-9,16H,(H,21,22,23). The molecule has 0 radical (unpaired) electrons. The summed E-state index contributed by atoms with van der Waals surface area (Å²) in [6.07, 6.45) is 3.63. The molecule has 0 saturated heterocycles. The number of benzene rings is 2. The number of hydrogen-bond donors (Lipinski definition) is 1. The van der Waals surface area contributed by atoms with Crippen molar-refractivity contribution in [1.82, 2.24) is 14.8 Å². The predicted octanol–water partition coefficient (Wildman–Crippen LogP) is 5.25. The van der Waals surface area contributed by atoms with Crippen LogP contribution in [0.5, 0.6) is 0 Å². The van der Waals surface area contributed by atoms with Crippen LogP contribution < -0.4 is 5.32 Å². The lowest BCUT2D eigenvalue weighted by Gasteiger charge is -2.25. The second-order valence-electron chi connectivity index (χ2n) is 5.35. The minimum atomic E-state index is -0.150. The fourth-order valence-electron chi connectivity index (χ4n) is 2.69. The molecule has 1 atom stereocenters. The average Bonchev–Trinajstić information content (AvgIpc) is 3.03. The Kier molecular flexibility index (Phi) is 4.24. The van der Waals surface area contributed by atoms with Crippen LogP contribution in [-0.2, 0) is 0 Å². The molecule has 24 heavy (non-hydrogen) atoms. The van der Waals surface area contributed by atoms with Crippen molar-refractivity contribution in [3.05, 3.63) is 79.6 Å². The van der Waals surface area contributed by atoms with Gasteiger partial charge in [0.15, 0.2) is 0 Å². The van der Waals surface area contributed by atoms with Crippen molar-refractivity contribution in [2.24, 2.45) is 0 Å². The van der Waals surface area contributed by atoms with E-state index in [0.29, 0.717) is 16.0 Å². The first-order valence-electron chi connectivity index (χ1n) is 7.21. The zero-order valence-corrected chi connectivity index (χ0v) is 15.9. The van der Waals surface area contributed by atoms with E-state index in [9.17, 15) is 0 Å². The van der Waals surface area contributed by atoms with E-state index in [1.165, 1.54) is 9.90 Å². The molecule has 0 bridgehead atoms. The largest absolute Gasteiger partial charge is 0.324 e. The Morgan fingerprint density at radius 1 is 1.08 bits per heavy atom. The van der Waals surface area contributed by atoms with Gasteiger partial charge in [-0.15, -0.1) is 0 Å². The first-order chi connectivity index (χ1) is 11.6. The molecule has 0 spiro atoms. The zero-order chi connectivity index (χ0) is 16.7. The Labute approximate surface area is 162 Å². The van der Waals surface area contributed by atoms with Crippen LogP contribution in [0.3, 0.4) is 0 Å². The lowest BCUT2D eigenvalue weighted by Crippen LogP contribution is -2.20. The van der Waals surface area contributed by atoms with Crippen LogP contribution in [-0.4, -0.2) is 14.8 Å². The maximum Gasteiger partial charge on any atom is 0.226 e. The number of rotatable bonds is 2. The second kappa shape index (κ2) is 6.38. The van der Waals surface area contributed by atoms with Gasteiger partial charge in [0.2, 0.25) is 5.95 Å². The van der Waals surface area contributed by atoms with Gasteiger partial charge in [0.05, 0.1) is 0 Å². The van der Waals surface area contributed by atoms with E-state index in [0.717, 1.165) is 16.8 Å². The first-order valence-corrected chi connectivity index (χ1v) is 9.04. The Balaban J connectivity index is 1.83. The zero-order valence-electron chi connectivity index (χ0n) is 12.2. The minimum Gasteiger partial charge on any atom is -0.324 e. The molecule has 1 N–H and O–H groups in total. The number of fused-ring (bicyclic) bond motifs is 1. The Morgan fingerprint density at radius 2 is 1.88 bits per heavy atom. The first kappa shape index (κ1) is 15.9. The number of nitrogens with zero attached hydrogens (tertiary/aromatic N) is 3. The van der Waals surface area contributed by atoms with Crippen LogP contribution in [0, 0.1) is 3.57 Å². The van der Waals surface area contributed by atoms with Crippen molar-refractivity contribution < 1.29 is 0 Å². The van der Waals surface area contributed by atoms with Gasteiger partial charge >= 0.3 is 0 Å². The number of aromatic nitrogens is 3. The Hall–Kier alpha value is -1.57. The quantitative estimate of drug-likeness (QED) is 0.522. The highest BCUT2D eigenvalue weighted by Crippen LogP contribution is 2.35. The molecule has 4 nitrogen and oxygen atoms in total. The number of hydrogen-bond acceptors (Lipinski definition) is 3. The summed E-state index contributed by atoms with van der Waals surface area (Å²) >= 11 is 14.7. The van der Waals surface area contributed by atoms with Crippen LogP contribution in [0.2, 0.25) is 10.0 Å². The number of halogens is 3. The SMILES string of the molecule is Clc1ccc(C2C=C(c3ccc(I)cc3)Nc3ncnn32)c(Cl)c1. The fraction of sp³-hybridized carbons (Fsp3) is 0.0588. The van der Waals surface area contributed by atoms with Crippen molar-refractivity contribution in [3.8, 4) is 0 Å². The minimum absolute atomic E-state index is 0.150. The summed E-state index contributed by atoms with van der Waals surface area (Å²) in [5, 5.41) is 8.86. The highest BCUT2D eigenvalue weighted by Gasteiger charge is 2.25. The lowest BCUT2D eigenvalue weighted by atomic mass is 10.0. The van der Waals surface area contributed by atoms with Gasteiger partial charge in [-0.3, -0.25) is 0 Å². The Bertz CT molecular complexity index is 934. The molecule has 120 valence electrons. The van der Waals surface area contributed by atoms with Crippen molar-refractivity contribution >= 4 is 57.4 Å². The van der Waals surface area contributed by atoms with E-state index in [-0.39, 0.29) is 6.04 Å². The van der Waals surface area contributed by atoms with Gasteiger partial charge in [0.1, 0.15) is 12.4 Å². The summed E-state index contributed by atoms with van der Waals surface area (Å²) in [6, 6.07) is 13.6. The van der Waals surface area contributed by atoms with Gasteiger partial charge in [-0.05, 0) is 64.1 Å². The molecule has 3 aromatic rings. The number of allylic oxidation sites excluding steroid dienone is 1. The number of anilines is 1. The molecule has 1 aliphatic heterocycles. The van der Waals surface area contributed by atoms with Crippen molar-refractivity contribution in [3.63, 3.8) is 0 Å². The van der Waals surface area contributed by atoms with E-state index in [4.69, 9.17) is 23.2 Å². The third-order valence-corrected chi connectivity index (χ3v) is 5.13. The third kappa shape index (κ3) is 2.92. The molecular weight excluding hydrogens is 458 g/mol. The third-order valence-electron chi connectivity index (χ3n) is 3.84. The molecule has 4 rings (SSSR count). The molecule has 1 aliphatic rings. The van der Waals surface area contributed by atoms with Crippen LogP contribution in [0.15, 0.2) is 54.9 Å². The molecule has 1 aromatic heterocycles. The molecule has 7 heteroatoms. The fourth-order valence-corrected chi connectivity index (χ4v) is 3.57. The van der Waals surface area contributed by atoms with Crippen LogP contribution in [0.25, 0.3) is 5.70 Å². The molecule has 0 saturated carbocycles. The van der Waals surface area contributed by atoms with Crippen LogP contribution in [0.4, 0.5) is 5.95 Å². The summed E-state index contributed by atoms with van der Waals surface area (Å²) < 4.78 is 3.00. The van der Waals surface area contributed by atoms with Crippen molar-refractivity contribution in [2.45, 2.75) is 6.04 Å². The van der Waals surface area contributed by atoms with Gasteiger partial charge in [0, 0.05) is 19.3 Å². The van der Waals surface area contributed by atoms with Gasteiger partial charge in [-0.25, -0.2) is 4.68 Å². The van der Waals surface area contributed by atoms with Gasteiger partial charge < -0.3 is 5.32 Å². The van der Waals surface area contributed by atoms with E-state index in [1.807, 2.05) is 16.8 Å². The maximum absolute atomic E-state index is 6.41. The smallest absolute Gasteiger partial charge is 0.226 e. The lowest BCUT2D eigenvalue weighted by molar-refractivity contribution is 0.612. The van der Waals surface area contributed by atoms with Gasteiger partial charge in [-0.1, -0.05) is 41.4 Å². The monoisotopic (exact) mass is 468 g/mol. The summed E-state index contributed by atoms with van der Waals surface area (Å²) in [6.45, 7) is 0. The van der Waals surface area contributed by atoms with E-state index in [1.54, 1.807) is 6.07 Å². The molecule has 0 fully saturated rings. The highest BCUT2D eigenvalue weighted by molar-refractivity contribution is 14.1. The van der Waals surface area contributed by atoms with E-state index >= 15 is 0 Å². The van der Waals surface area contributed by atoms with Crippen LogP contribution >= 0.6 is 45.8 Å². The van der Waals surface area contributed by atoms with E-state index < -0.39 is 0 Å². The van der Waals surface area contributed by atoms with E-state index in [2.05, 4.69) is 68.3 Å². The van der Waals surface area contributed by atoms with Crippen molar-refractivity contribution in [2.75, 3.05) is 5.32 Å². The molecular formula is C17H11Cl2IN4.